The molecule has 2 aromatic rings. The van der Waals surface area contributed by atoms with E-state index in [9.17, 15) is 0 Å². The van der Waals surface area contributed by atoms with Crippen molar-refractivity contribution >= 4 is 11.3 Å². The van der Waals surface area contributed by atoms with Crippen LogP contribution in [0.15, 0.2) is 42.6 Å². The zero-order valence-corrected chi connectivity index (χ0v) is 13.0. The molecule has 1 aromatic heterocycles. The minimum absolute atomic E-state index is 0.635. The summed E-state index contributed by atoms with van der Waals surface area (Å²) in [5.41, 5.74) is 1.16. The molecule has 0 unspecified atom stereocenters. The highest BCUT2D eigenvalue weighted by atomic mass is 32.1. The number of unbranched alkanes of at least 4 members (excludes halogenated alkanes) is 1. The van der Waals surface area contributed by atoms with Crippen LogP contribution in [0.3, 0.4) is 0 Å². The summed E-state index contributed by atoms with van der Waals surface area (Å²) in [4.78, 5) is 5.77. The van der Waals surface area contributed by atoms with Gasteiger partial charge in [-0.2, -0.15) is 0 Å². The molecule has 0 aliphatic carbocycles. The third-order valence-electron chi connectivity index (χ3n) is 2.97. The molecule has 0 fully saturated rings. The fourth-order valence-corrected chi connectivity index (χ4v) is 2.65. The van der Waals surface area contributed by atoms with E-state index in [1.54, 1.807) is 11.3 Å². The number of hydrogen-bond acceptors (Lipinski definition) is 3. The minimum atomic E-state index is 0.635. The van der Waals surface area contributed by atoms with Gasteiger partial charge in [0.25, 0.3) is 0 Å². The average molecular weight is 287 g/mol. The van der Waals surface area contributed by atoms with E-state index in [0.717, 1.165) is 29.2 Å². The highest BCUT2D eigenvalue weighted by molar-refractivity contribution is 7.15. The molecule has 0 bridgehead atoms. The Labute approximate surface area is 125 Å². The summed E-state index contributed by atoms with van der Waals surface area (Å²) < 4.78 is 5.67. The Bertz CT molecular complexity index is 542. The Balaban J connectivity index is 1.92. The van der Waals surface area contributed by atoms with Crippen LogP contribution < -0.4 is 4.74 Å². The summed E-state index contributed by atoms with van der Waals surface area (Å²) in [6.45, 7) is 4.96. The molecule has 0 N–H and O–H groups in total. The van der Waals surface area contributed by atoms with Crippen molar-refractivity contribution in [2.24, 2.45) is 0 Å². The SMILES string of the molecule is CCC/C=C/COc1ccc(-c2ncc(CC)s2)cc1. The van der Waals surface area contributed by atoms with Crippen molar-refractivity contribution < 1.29 is 4.74 Å². The minimum Gasteiger partial charge on any atom is -0.490 e. The number of nitrogens with zero attached hydrogens (tertiary/aromatic N) is 1. The van der Waals surface area contributed by atoms with E-state index >= 15 is 0 Å². The highest BCUT2D eigenvalue weighted by Gasteiger charge is 2.03. The molecule has 0 saturated carbocycles. The number of allylic oxidation sites excluding steroid dienone is 1. The number of benzene rings is 1. The fraction of sp³-hybridized carbons (Fsp3) is 0.353. The molecule has 2 rings (SSSR count). The van der Waals surface area contributed by atoms with Gasteiger partial charge in [0.1, 0.15) is 17.4 Å². The van der Waals surface area contributed by atoms with Gasteiger partial charge >= 0.3 is 0 Å². The standard InChI is InChI=1S/C17H21NOS/c1-3-5-6-7-12-19-15-10-8-14(9-11-15)17-18-13-16(4-2)20-17/h6-11,13H,3-5,12H2,1-2H3/b7-6+. The van der Waals surface area contributed by atoms with Crippen molar-refractivity contribution in [3.63, 3.8) is 0 Å². The smallest absolute Gasteiger partial charge is 0.123 e. The van der Waals surface area contributed by atoms with Crippen LogP contribution >= 0.6 is 11.3 Å². The van der Waals surface area contributed by atoms with E-state index < -0.39 is 0 Å². The van der Waals surface area contributed by atoms with Gasteiger partial charge in [-0.1, -0.05) is 32.4 Å². The molecular formula is C17H21NOS. The monoisotopic (exact) mass is 287 g/mol. The number of aryl methyl sites for hydroxylation is 1. The van der Waals surface area contributed by atoms with E-state index in [1.165, 1.54) is 11.3 Å². The van der Waals surface area contributed by atoms with Gasteiger partial charge in [0.05, 0.1) is 0 Å². The van der Waals surface area contributed by atoms with Crippen LogP contribution in [0.5, 0.6) is 5.75 Å². The molecule has 0 aliphatic heterocycles. The Morgan fingerprint density at radius 1 is 1.15 bits per heavy atom. The molecule has 0 amide bonds. The van der Waals surface area contributed by atoms with Crippen LogP contribution in [0, 0.1) is 0 Å². The van der Waals surface area contributed by atoms with Gasteiger partial charge in [-0.05, 0) is 37.1 Å². The number of aromatic nitrogens is 1. The zero-order chi connectivity index (χ0) is 14.2. The van der Waals surface area contributed by atoms with Crippen LogP contribution in [0.4, 0.5) is 0 Å². The van der Waals surface area contributed by atoms with Crippen molar-refractivity contribution in [3.05, 3.63) is 47.5 Å². The zero-order valence-electron chi connectivity index (χ0n) is 12.1. The second-order valence-electron chi connectivity index (χ2n) is 4.58. The van der Waals surface area contributed by atoms with Crippen molar-refractivity contribution in [3.8, 4) is 16.3 Å². The maximum atomic E-state index is 5.67. The second-order valence-corrected chi connectivity index (χ2v) is 5.70. The van der Waals surface area contributed by atoms with Gasteiger partial charge in [0.2, 0.25) is 0 Å². The van der Waals surface area contributed by atoms with Crippen LogP contribution in [-0.2, 0) is 6.42 Å². The number of thiazole rings is 1. The first kappa shape index (κ1) is 14.8. The largest absolute Gasteiger partial charge is 0.490 e. The van der Waals surface area contributed by atoms with E-state index in [0.29, 0.717) is 6.61 Å². The van der Waals surface area contributed by atoms with Gasteiger partial charge < -0.3 is 4.74 Å². The molecule has 20 heavy (non-hydrogen) atoms. The third-order valence-corrected chi connectivity index (χ3v) is 4.16. The summed E-state index contributed by atoms with van der Waals surface area (Å²) >= 11 is 1.76. The molecule has 1 aromatic carbocycles. The van der Waals surface area contributed by atoms with Crippen molar-refractivity contribution in [1.82, 2.24) is 4.98 Å². The molecule has 0 aliphatic rings. The van der Waals surface area contributed by atoms with Crippen molar-refractivity contribution in [2.75, 3.05) is 6.61 Å². The molecule has 0 atom stereocenters. The molecule has 0 spiro atoms. The lowest BCUT2D eigenvalue weighted by molar-refractivity contribution is 0.362. The summed E-state index contributed by atoms with van der Waals surface area (Å²) in [6, 6.07) is 8.17. The van der Waals surface area contributed by atoms with E-state index in [-0.39, 0.29) is 0 Å². The number of hydrogen-bond donors (Lipinski definition) is 0. The molecular weight excluding hydrogens is 266 g/mol. The number of ether oxygens (including phenoxy) is 1. The van der Waals surface area contributed by atoms with Gasteiger partial charge in [-0.15, -0.1) is 11.3 Å². The van der Waals surface area contributed by atoms with Crippen LogP contribution in [0.2, 0.25) is 0 Å². The Morgan fingerprint density at radius 3 is 2.60 bits per heavy atom. The van der Waals surface area contributed by atoms with E-state index in [4.69, 9.17) is 4.74 Å². The molecule has 0 radical (unpaired) electrons. The Kier molecular flexibility index (Phi) is 5.81. The summed E-state index contributed by atoms with van der Waals surface area (Å²) in [5.74, 6) is 0.905. The van der Waals surface area contributed by atoms with Gasteiger partial charge in [-0.25, -0.2) is 4.98 Å². The molecule has 3 heteroatoms. The first-order chi connectivity index (χ1) is 9.83. The predicted molar refractivity (Wildman–Crippen MR) is 86.5 cm³/mol. The Morgan fingerprint density at radius 2 is 1.95 bits per heavy atom. The first-order valence-corrected chi connectivity index (χ1v) is 7.98. The lowest BCUT2D eigenvalue weighted by Crippen LogP contribution is -1.92. The second kappa shape index (κ2) is 7.85. The van der Waals surface area contributed by atoms with Crippen LogP contribution in [0.25, 0.3) is 10.6 Å². The van der Waals surface area contributed by atoms with Crippen molar-refractivity contribution in [1.29, 1.82) is 0 Å². The lowest BCUT2D eigenvalue weighted by atomic mass is 10.2. The summed E-state index contributed by atoms with van der Waals surface area (Å²) in [6.07, 6.45) is 9.54. The maximum absolute atomic E-state index is 5.67. The quantitative estimate of drug-likeness (QED) is 0.660. The van der Waals surface area contributed by atoms with Crippen LogP contribution in [-0.4, -0.2) is 11.6 Å². The van der Waals surface area contributed by atoms with E-state index in [1.807, 2.05) is 18.3 Å². The van der Waals surface area contributed by atoms with E-state index in [2.05, 4.69) is 43.1 Å². The maximum Gasteiger partial charge on any atom is 0.123 e. The lowest BCUT2D eigenvalue weighted by Gasteiger charge is -2.03. The van der Waals surface area contributed by atoms with Crippen molar-refractivity contribution in [2.45, 2.75) is 33.1 Å². The molecule has 1 heterocycles. The number of rotatable bonds is 7. The van der Waals surface area contributed by atoms with Gasteiger partial charge in [0, 0.05) is 16.6 Å². The third kappa shape index (κ3) is 4.20. The summed E-state index contributed by atoms with van der Waals surface area (Å²) in [5, 5.41) is 1.08. The molecule has 106 valence electrons. The fourth-order valence-electron chi connectivity index (χ4n) is 1.80. The predicted octanol–water partition coefficient (Wildman–Crippen LogP) is 5.11. The van der Waals surface area contributed by atoms with Crippen LogP contribution in [0.1, 0.15) is 31.6 Å². The average Bonchev–Trinajstić information content (AvgIpc) is 2.97. The molecule has 2 nitrogen and oxygen atoms in total. The molecule has 0 saturated heterocycles. The highest BCUT2D eigenvalue weighted by Crippen LogP contribution is 2.27. The summed E-state index contributed by atoms with van der Waals surface area (Å²) in [7, 11) is 0. The normalized spacial score (nSPS) is 11.1. The van der Waals surface area contributed by atoms with Gasteiger partial charge in [0.15, 0.2) is 0 Å². The van der Waals surface area contributed by atoms with Gasteiger partial charge in [-0.3, -0.25) is 0 Å². The first-order valence-electron chi connectivity index (χ1n) is 7.16. The topological polar surface area (TPSA) is 22.1 Å². The Hall–Kier alpha value is -1.61.